The fourth-order valence-corrected chi connectivity index (χ4v) is 1.53. The molecule has 0 spiro atoms. The Kier molecular flexibility index (Phi) is 11.1. The lowest BCUT2D eigenvalue weighted by Crippen LogP contribution is -1.93. The van der Waals surface area contributed by atoms with E-state index in [0.29, 0.717) is 0 Å². The summed E-state index contributed by atoms with van der Waals surface area (Å²) in [5, 5.41) is 17.3. The van der Waals surface area contributed by atoms with Gasteiger partial charge in [-0.25, -0.2) is 0 Å². The molecule has 17 heavy (non-hydrogen) atoms. The van der Waals surface area contributed by atoms with Crippen molar-refractivity contribution >= 4 is 0 Å². The van der Waals surface area contributed by atoms with Crippen molar-refractivity contribution in [3.63, 3.8) is 0 Å². The predicted octanol–water partition coefficient (Wildman–Crippen LogP) is 3.14. The molecule has 0 aliphatic rings. The first kappa shape index (κ1) is 16.2. The third-order valence-corrected chi connectivity index (χ3v) is 2.52. The summed E-state index contributed by atoms with van der Waals surface area (Å²) in [4.78, 5) is 0. The van der Waals surface area contributed by atoms with E-state index in [-0.39, 0.29) is 13.2 Å². The first-order chi connectivity index (χ1) is 8.20. The van der Waals surface area contributed by atoms with Gasteiger partial charge in [-0.2, -0.15) is 0 Å². The van der Waals surface area contributed by atoms with Crippen molar-refractivity contribution in [3.05, 3.63) is 24.7 Å². The molecule has 0 aliphatic carbocycles. The highest BCUT2D eigenvalue weighted by molar-refractivity contribution is 4.93. The lowest BCUT2D eigenvalue weighted by Gasteiger charge is -2.10. The number of ether oxygens (including phenoxy) is 1. The summed E-state index contributed by atoms with van der Waals surface area (Å²) < 4.78 is 5.50. The number of unbranched alkanes of at least 4 members (excludes halogenated alkanes) is 4. The zero-order valence-corrected chi connectivity index (χ0v) is 10.8. The maximum atomic E-state index is 8.63. The van der Waals surface area contributed by atoms with E-state index in [1.54, 1.807) is 0 Å². The highest BCUT2D eigenvalue weighted by Gasteiger charge is 2.00. The Balaban J connectivity index is 3.42. The van der Waals surface area contributed by atoms with Gasteiger partial charge in [0.25, 0.3) is 0 Å². The molecule has 100 valence electrons. The fraction of sp³-hybridized carbons (Fsp3) is 0.714. The van der Waals surface area contributed by atoms with Gasteiger partial charge in [-0.05, 0) is 25.7 Å². The molecule has 0 saturated heterocycles. The number of hydrogen-bond donors (Lipinski definition) is 2. The Morgan fingerprint density at radius 3 is 1.47 bits per heavy atom. The van der Waals surface area contributed by atoms with Crippen molar-refractivity contribution in [3.8, 4) is 0 Å². The first-order valence-electron chi connectivity index (χ1n) is 6.45. The van der Waals surface area contributed by atoms with Gasteiger partial charge >= 0.3 is 0 Å². The maximum Gasteiger partial charge on any atom is 0.0964 e. The average Bonchev–Trinajstić information content (AvgIpc) is 2.30. The summed E-state index contributed by atoms with van der Waals surface area (Å²) in [6.45, 7) is 8.21. The molecule has 3 heteroatoms. The van der Waals surface area contributed by atoms with Crippen LogP contribution in [0.25, 0.3) is 0 Å². The van der Waals surface area contributed by atoms with Crippen LogP contribution in [0, 0.1) is 0 Å². The second-order valence-electron chi connectivity index (χ2n) is 4.25. The molecule has 0 heterocycles. The van der Waals surface area contributed by atoms with E-state index in [9.17, 15) is 0 Å². The van der Waals surface area contributed by atoms with Crippen LogP contribution in [0.4, 0.5) is 0 Å². The van der Waals surface area contributed by atoms with Crippen LogP contribution in [0.15, 0.2) is 24.7 Å². The van der Waals surface area contributed by atoms with E-state index in [2.05, 4.69) is 13.2 Å². The number of allylic oxidation sites excluding steroid dienone is 2. The lowest BCUT2D eigenvalue weighted by atomic mass is 10.1. The summed E-state index contributed by atoms with van der Waals surface area (Å²) in [6, 6.07) is 0. The third-order valence-electron chi connectivity index (χ3n) is 2.52. The van der Waals surface area contributed by atoms with Gasteiger partial charge in [0.1, 0.15) is 0 Å². The lowest BCUT2D eigenvalue weighted by molar-refractivity contribution is 0.260. The average molecular weight is 242 g/mol. The minimum atomic E-state index is 0.255. The molecule has 0 aromatic heterocycles. The quantitative estimate of drug-likeness (QED) is 0.408. The van der Waals surface area contributed by atoms with E-state index < -0.39 is 0 Å². The van der Waals surface area contributed by atoms with Crippen molar-refractivity contribution in [2.75, 3.05) is 13.2 Å². The van der Waals surface area contributed by atoms with Gasteiger partial charge in [-0.15, -0.1) is 0 Å². The van der Waals surface area contributed by atoms with Crippen LogP contribution in [0.3, 0.4) is 0 Å². The SMILES string of the molecule is C=C(CCCCCO)OC(=C)CCCCCO. The third kappa shape index (κ3) is 11.5. The smallest absolute Gasteiger partial charge is 0.0964 e. The molecule has 0 aromatic carbocycles. The molecular formula is C14H26O3. The van der Waals surface area contributed by atoms with Crippen molar-refractivity contribution in [2.24, 2.45) is 0 Å². The number of hydrogen-bond acceptors (Lipinski definition) is 3. The molecular weight excluding hydrogens is 216 g/mol. The Morgan fingerprint density at radius 1 is 0.706 bits per heavy atom. The molecule has 0 fully saturated rings. The minimum Gasteiger partial charge on any atom is -0.467 e. The molecule has 0 saturated carbocycles. The highest BCUT2D eigenvalue weighted by Crippen LogP contribution is 2.15. The van der Waals surface area contributed by atoms with Gasteiger partial charge < -0.3 is 14.9 Å². The van der Waals surface area contributed by atoms with Gasteiger partial charge in [0, 0.05) is 26.1 Å². The molecule has 0 unspecified atom stereocenters. The predicted molar refractivity (Wildman–Crippen MR) is 70.5 cm³/mol. The van der Waals surface area contributed by atoms with Gasteiger partial charge in [0.2, 0.25) is 0 Å². The Hall–Kier alpha value is -0.800. The first-order valence-corrected chi connectivity index (χ1v) is 6.45. The number of aliphatic hydroxyl groups excluding tert-OH is 2. The van der Waals surface area contributed by atoms with Crippen molar-refractivity contribution < 1.29 is 14.9 Å². The molecule has 0 atom stereocenters. The van der Waals surface area contributed by atoms with Crippen molar-refractivity contribution in [1.29, 1.82) is 0 Å². The van der Waals surface area contributed by atoms with Gasteiger partial charge in [-0.3, -0.25) is 0 Å². The standard InChI is InChI=1S/C14H26O3/c1-13(9-5-3-7-11-15)17-14(2)10-6-4-8-12-16/h15-16H,1-12H2. The molecule has 0 aliphatic heterocycles. The molecule has 0 bridgehead atoms. The number of aliphatic hydroxyl groups is 2. The monoisotopic (exact) mass is 242 g/mol. The van der Waals surface area contributed by atoms with Gasteiger partial charge in [-0.1, -0.05) is 26.0 Å². The van der Waals surface area contributed by atoms with Crippen LogP contribution in [-0.4, -0.2) is 23.4 Å². The van der Waals surface area contributed by atoms with Crippen LogP contribution in [0.5, 0.6) is 0 Å². The Morgan fingerprint density at radius 2 is 1.12 bits per heavy atom. The second-order valence-corrected chi connectivity index (χ2v) is 4.25. The van der Waals surface area contributed by atoms with Crippen LogP contribution in [0.1, 0.15) is 51.4 Å². The zero-order valence-electron chi connectivity index (χ0n) is 10.8. The normalized spacial score (nSPS) is 10.2. The van der Waals surface area contributed by atoms with Gasteiger partial charge in [0.15, 0.2) is 0 Å². The zero-order chi connectivity index (χ0) is 12.9. The molecule has 0 amide bonds. The van der Waals surface area contributed by atoms with Crippen LogP contribution in [-0.2, 0) is 4.74 Å². The molecule has 2 N–H and O–H groups in total. The van der Waals surface area contributed by atoms with E-state index in [4.69, 9.17) is 14.9 Å². The fourth-order valence-electron chi connectivity index (χ4n) is 1.53. The summed E-state index contributed by atoms with van der Waals surface area (Å²) in [5.74, 6) is 1.52. The Labute approximate surface area is 105 Å². The molecule has 0 rings (SSSR count). The molecule has 0 radical (unpaired) electrons. The summed E-state index contributed by atoms with van der Waals surface area (Å²) in [5.41, 5.74) is 0. The highest BCUT2D eigenvalue weighted by atomic mass is 16.5. The van der Waals surface area contributed by atoms with E-state index in [0.717, 1.165) is 62.9 Å². The summed E-state index contributed by atoms with van der Waals surface area (Å²) in [6.07, 6.45) is 7.34. The van der Waals surface area contributed by atoms with Crippen LogP contribution >= 0.6 is 0 Å². The second kappa shape index (κ2) is 11.7. The molecule has 0 aromatic rings. The van der Waals surface area contributed by atoms with Crippen molar-refractivity contribution in [2.45, 2.75) is 51.4 Å². The summed E-state index contributed by atoms with van der Waals surface area (Å²) in [7, 11) is 0. The van der Waals surface area contributed by atoms with Crippen molar-refractivity contribution in [1.82, 2.24) is 0 Å². The maximum absolute atomic E-state index is 8.63. The van der Waals surface area contributed by atoms with E-state index in [1.165, 1.54) is 0 Å². The van der Waals surface area contributed by atoms with Gasteiger partial charge in [0.05, 0.1) is 11.5 Å². The minimum absolute atomic E-state index is 0.255. The van der Waals surface area contributed by atoms with Crippen LogP contribution < -0.4 is 0 Å². The topological polar surface area (TPSA) is 49.7 Å². The van der Waals surface area contributed by atoms with E-state index >= 15 is 0 Å². The largest absolute Gasteiger partial charge is 0.467 e. The number of rotatable bonds is 12. The Bertz CT molecular complexity index is 190. The summed E-state index contributed by atoms with van der Waals surface area (Å²) >= 11 is 0. The van der Waals surface area contributed by atoms with Crippen LogP contribution in [0.2, 0.25) is 0 Å². The molecule has 3 nitrogen and oxygen atoms in total. The van der Waals surface area contributed by atoms with E-state index in [1.807, 2.05) is 0 Å².